The van der Waals surface area contributed by atoms with E-state index in [1.54, 1.807) is 44.4 Å². The van der Waals surface area contributed by atoms with Gasteiger partial charge in [-0.3, -0.25) is 28.8 Å². The van der Waals surface area contributed by atoms with Crippen molar-refractivity contribution in [3.05, 3.63) is 150 Å². The molecule has 5 heterocycles. The molecule has 4 N–H and O–H groups in total. The average molecular weight is 961 g/mol. The molecule has 0 spiro atoms. The summed E-state index contributed by atoms with van der Waals surface area (Å²) < 4.78 is 13.8. The largest absolute Gasteiger partial charge is 0.394 e. The molecule has 2 amide bonds. The molecule has 3 aromatic heterocycles. The molecule has 16 nitrogen and oxygen atoms in total. The van der Waals surface area contributed by atoms with Crippen molar-refractivity contribution in [2.45, 2.75) is 72.6 Å². The molecule has 2 aliphatic heterocycles. The molecular formula is C52H62ClN9O7. The van der Waals surface area contributed by atoms with Gasteiger partial charge in [0.05, 0.1) is 37.9 Å². The Morgan fingerprint density at radius 3 is 2.22 bits per heavy atom. The SMILES string of the molecule is CC(CO)NC(=O)c1cc(-c2ccc(Cl)cc2)nn(-c2cnn(C)c2)c1=O.CCN(c1cc(-c2ccc(CN3CCOCC3)cc2)cc(C(=O)NCc2c(C)cc(C)[nH]c2=O)c1C)C1CCOCC1. The molecule has 0 radical (unpaired) electrons. The second-order valence-electron chi connectivity index (χ2n) is 17.6. The van der Waals surface area contributed by atoms with Gasteiger partial charge in [0.25, 0.3) is 22.9 Å². The molecular weight excluding hydrogens is 898 g/mol. The van der Waals surface area contributed by atoms with E-state index in [2.05, 4.69) is 72.9 Å². The zero-order chi connectivity index (χ0) is 49.2. The molecule has 3 aromatic carbocycles. The van der Waals surface area contributed by atoms with Crippen LogP contribution in [0.4, 0.5) is 5.69 Å². The summed E-state index contributed by atoms with van der Waals surface area (Å²) in [4.78, 5) is 59.4. The Balaban J connectivity index is 0.000000224. The number of aromatic amines is 1. The molecule has 0 aliphatic carbocycles. The number of pyridine rings is 1. The highest BCUT2D eigenvalue weighted by molar-refractivity contribution is 6.30. The van der Waals surface area contributed by atoms with E-state index in [4.69, 9.17) is 26.2 Å². The molecule has 364 valence electrons. The number of carbonyl (C=O) groups is 2. The van der Waals surface area contributed by atoms with Gasteiger partial charge < -0.3 is 35.1 Å². The lowest BCUT2D eigenvalue weighted by Crippen LogP contribution is -2.40. The van der Waals surface area contributed by atoms with Crippen molar-refractivity contribution in [3.63, 3.8) is 0 Å². The average Bonchev–Trinajstić information content (AvgIpc) is 3.78. The van der Waals surface area contributed by atoms with Gasteiger partial charge in [-0.25, -0.2) is 0 Å². The Morgan fingerprint density at radius 1 is 0.899 bits per heavy atom. The minimum Gasteiger partial charge on any atom is -0.394 e. The summed E-state index contributed by atoms with van der Waals surface area (Å²) in [5.41, 5.74) is 9.00. The first-order chi connectivity index (χ1) is 33.2. The summed E-state index contributed by atoms with van der Waals surface area (Å²) in [7, 11) is 1.72. The van der Waals surface area contributed by atoms with Gasteiger partial charge in [0.2, 0.25) is 0 Å². The maximum atomic E-state index is 13.7. The van der Waals surface area contributed by atoms with Crippen molar-refractivity contribution in [2.24, 2.45) is 7.05 Å². The number of rotatable bonds is 14. The van der Waals surface area contributed by atoms with E-state index in [0.29, 0.717) is 39.1 Å². The van der Waals surface area contributed by atoms with Crippen molar-refractivity contribution in [2.75, 3.05) is 57.6 Å². The minimum atomic E-state index is -0.586. The number of aliphatic hydroxyl groups excluding tert-OH is 1. The number of ether oxygens (including phenoxy) is 2. The van der Waals surface area contributed by atoms with Crippen LogP contribution in [-0.4, -0.2) is 111 Å². The van der Waals surface area contributed by atoms with Crippen LogP contribution in [0.25, 0.3) is 28.1 Å². The molecule has 17 heteroatoms. The number of aliphatic hydroxyl groups is 1. The highest BCUT2D eigenvalue weighted by Gasteiger charge is 2.26. The van der Waals surface area contributed by atoms with Crippen molar-refractivity contribution < 1.29 is 24.2 Å². The monoisotopic (exact) mass is 959 g/mol. The predicted molar refractivity (Wildman–Crippen MR) is 268 cm³/mol. The summed E-state index contributed by atoms with van der Waals surface area (Å²) in [6.07, 6.45) is 5.03. The van der Waals surface area contributed by atoms with Gasteiger partial charge in [-0.15, -0.1) is 0 Å². The van der Waals surface area contributed by atoms with Crippen LogP contribution in [0.2, 0.25) is 5.02 Å². The lowest BCUT2D eigenvalue weighted by Gasteiger charge is -2.37. The van der Waals surface area contributed by atoms with E-state index < -0.39 is 17.5 Å². The first kappa shape index (κ1) is 50.4. The standard InChI is InChI=1S/C34H44N4O4.C18H18ClN5O3/c1-5-38(29-10-14-41-15-11-29)32-20-28(27-8-6-26(7-9-27)22-37-12-16-42-17-13-37)19-30(25(32)4)33(39)35-21-31-23(2)18-24(3)36-34(31)40;1-11(10-25)21-17(26)15-7-16(12-3-5-13(19)6-4-12)22-24(18(15)27)14-8-20-23(2)9-14/h6-9,18-20,29H,5,10-17,21-22H2,1-4H3,(H,35,39)(H,36,40);3-9,11,25H,10H2,1-2H3,(H,21,26). The molecule has 1 unspecified atom stereocenters. The van der Waals surface area contributed by atoms with Gasteiger partial charge in [-0.2, -0.15) is 14.9 Å². The van der Waals surface area contributed by atoms with Crippen LogP contribution in [0.3, 0.4) is 0 Å². The normalized spacial score (nSPS) is 14.7. The van der Waals surface area contributed by atoms with E-state index >= 15 is 0 Å². The van der Waals surface area contributed by atoms with Gasteiger partial charge in [0.1, 0.15) is 11.3 Å². The predicted octanol–water partition coefficient (Wildman–Crippen LogP) is 6.13. The second-order valence-corrected chi connectivity index (χ2v) is 18.0. The Morgan fingerprint density at radius 2 is 1.58 bits per heavy atom. The smallest absolute Gasteiger partial charge is 0.284 e. The number of carbonyl (C=O) groups excluding carboxylic acids is 2. The number of amides is 2. The summed E-state index contributed by atoms with van der Waals surface area (Å²) in [6, 6.07) is 23.1. The minimum absolute atomic E-state index is 0.0842. The Labute approximate surface area is 407 Å². The van der Waals surface area contributed by atoms with E-state index in [-0.39, 0.29) is 30.2 Å². The van der Waals surface area contributed by atoms with E-state index in [9.17, 15) is 19.2 Å². The number of benzene rings is 3. The summed E-state index contributed by atoms with van der Waals surface area (Å²) in [5.74, 6) is -0.765. The van der Waals surface area contributed by atoms with Crippen LogP contribution in [0, 0.1) is 20.8 Å². The number of halogens is 1. The number of aromatic nitrogens is 5. The number of hydrogen-bond donors (Lipinski definition) is 4. The van der Waals surface area contributed by atoms with Gasteiger partial charge >= 0.3 is 0 Å². The highest BCUT2D eigenvalue weighted by atomic mass is 35.5. The molecule has 8 rings (SSSR count). The number of H-pyrrole nitrogens is 1. The van der Waals surface area contributed by atoms with Crippen molar-refractivity contribution in [3.8, 4) is 28.1 Å². The van der Waals surface area contributed by atoms with Crippen molar-refractivity contribution in [1.82, 2.24) is 40.1 Å². The van der Waals surface area contributed by atoms with Crippen LogP contribution < -0.4 is 26.7 Å². The molecule has 2 fully saturated rings. The molecule has 1 atom stereocenters. The lowest BCUT2D eigenvalue weighted by molar-refractivity contribution is 0.0342. The quantitative estimate of drug-likeness (QED) is 0.0984. The lowest BCUT2D eigenvalue weighted by atomic mass is 9.94. The Bertz CT molecular complexity index is 2850. The van der Waals surface area contributed by atoms with Gasteiger partial charge in [0.15, 0.2) is 0 Å². The second kappa shape index (κ2) is 23.2. The molecule has 6 aromatic rings. The highest BCUT2D eigenvalue weighted by Crippen LogP contribution is 2.34. The number of morpholine rings is 1. The number of anilines is 1. The summed E-state index contributed by atoms with van der Waals surface area (Å²) in [5, 5.41) is 23.8. The first-order valence-electron chi connectivity index (χ1n) is 23.4. The summed E-state index contributed by atoms with van der Waals surface area (Å²) >= 11 is 5.93. The fourth-order valence-corrected chi connectivity index (χ4v) is 8.79. The molecule has 69 heavy (non-hydrogen) atoms. The Hall–Kier alpha value is -6.43. The fourth-order valence-electron chi connectivity index (χ4n) is 8.67. The van der Waals surface area contributed by atoms with E-state index in [0.717, 1.165) is 104 Å². The van der Waals surface area contributed by atoms with E-state index in [1.807, 2.05) is 32.9 Å². The summed E-state index contributed by atoms with van der Waals surface area (Å²) in [6.45, 7) is 16.3. The Kier molecular flexibility index (Phi) is 17.0. The van der Waals surface area contributed by atoms with Gasteiger partial charge in [-0.05, 0) is 112 Å². The molecule has 2 saturated heterocycles. The number of aryl methyl sites for hydroxylation is 3. The van der Waals surface area contributed by atoms with Crippen LogP contribution in [0.15, 0.2) is 94.8 Å². The first-order valence-corrected chi connectivity index (χ1v) is 23.8. The van der Waals surface area contributed by atoms with Crippen molar-refractivity contribution in [1.29, 1.82) is 0 Å². The van der Waals surface area contributed by atoms with Crippen LogP contribution >= 0.6 is 11.6 Å². The van der Waals surface area contributed by atoms with Crippen LogP contribution in [-0.2, 0) is 29.6 Å². The van der Waals surface area contributed by atoms with Crippen LogP contribution in [0.1, 0.15) is 75.4 Å². The topological polar surface area (TPSA) is 189 Å². The molecule has 2 aliphatic rings. The molecule has 0 bridgehead atoms. The number of nitrogens with one attached hydrogen (secondary N) is 3. The maximum Gasteiger partial charge on any atom is 0.284 e. The zero-order valence-corrected chi connectivity index (χ0v) is 40.9. The van der Waals surface area contributed by atoms with Gasteiger partial charge in [0, 0.05) is 98.2 Å². The van der Waals surface area contributed by atoms with Crippen LogP contribution in [0.5, 0.6) is 0 Å². The maximum absolute atomic E-state index is 13.7. The molecule has 0 saturated carbocycles. The third-order valence-corrected chi connectivity index (χ3v) is 12.8. The zero-order valence-electron chi connectivity index (χ0n) is 40.2. The van der Waals surface area contributed by atoms with E-state index in [1.165, 1.54) is 22.5 Å². The van der Waals surface area contributed by atoms with Crippen molar-refractivity contribution >= 4 is 29.1 Å². The van der Waals surface area contributed by atoms with Gasteiger partial charge in [-0.1, -0.05) is 48.0 Å². The third kappa shape index (κ3) is 12.6. The number of nitrogens with zero attached hydrogens (tertiary/aromatic N) is 6. The third-order valence-electron chi connectivity index (χ3n) is 12.5. The fraction of sp³-hybridized carbons (Fsp3) is 0.385. The number of hydrogen-bond acceptors (Lipinski definition) is 11.